The van der Waals surface area contributed by atoms with E-state index in [0.717, 1.165) is 0 Å². The van der Waals surface area contributed by atoms with Crippen molar-refractivity contribution >= 4 is 70.3 Å². The molecule has 4 heterocycles. The number of carbonyl (C=O) groups is 2. The SMILES string of the molecule is O=C(O)c1ccc(Nc2ncc3c(n2)-c2ccc(Cl)cc2C(c2c(F)cccc2F)=NC3)cc1.O=C(O)c1ccc(Nc2ncc3c(n2)-c2ccc(Cl)cc2C(c2c(F)cccc2F)N=C3)cc1. The van der Waals surface area contributed by atoms with E-state index >= 15 is 0 Å². The van der Waals surface area contributed by atoms with Gasteiger partial charge < -0.3 is 20.8 Å². The molecule has 2 aromatic heterocycles. The van der Waals surface area contributed by atoms with Crippen LogP contribution in [0.5, 0.6) is 0 Å². The summed E-state index contributed by atoms with van der Waals surface area (Å²) in [7, 11) is 0. The van der Waals surface area contributed by atoms with Crippen molar-refractivity contribution in [1.82, 2.24) is 19.9 Å². The maximum absolute atomic E-state index is 14.7. The normalized spacial score (nSPS) is 13.2. The van der Waals surface area contributed by atoms with Gasteiger partial charge in [0.2, 0.25) is 11.9 Å². The van der Waals surface area contributed by atoms with Gasteiger partial charge in [0.25, 0.3) is 0 Å². The largest absolute Gasteiger partial charge is 0.478 e. The van der Waals surface area contributed by atoms with Crippen LogP contribution in [0.15, 0.2) is 144 Å². The van der Waals surface area contributed by atoms with Gasteiger partial charge in [-0.15, -0.1) is 0 Å². The van der Waals surface area contributed by atoms with Crippen molar-refractivity contribution in [3.63, 3.8) is 0 Å². The zero-order valence-corrected chi connectivity index (χ0v) is 36.2. The molecular weight excluding hydrogens is 923 g/mol. The van der Waals surface area contributed by atoms with Crippen molar-refractivity contribution in [3.05, 3.63) is 212 Å². The van der Waals surface area contributed by atoms with Gasteiger partial charge in [0.1, 0.15) is 29.3 Å². The Morgan fingerprint density at radius 1 is 0.603 bits per heavy atom. The number of nitrogens with one attached hydrogen (secondary N) is 2. The lowest BCUT2D eigenvalue weighted by atomic mass is 9.92. The first-order chi connectivity index (χ1) is 32.8. The first kappa shape index (κ1) is 44.8. The number of aromatic nitrogens is 4. The molecule has 4 N–H and O–H groups in total. The van der Waals surface area contributed by atoms with Gasteiger partial charge >= 0.3 is 11.9 Å². The Labute approximate surface area is 393 Å². The highest BCUT2D eigenvalue weighted by Gasteiger charge is 2.29. The molecule has 0 bridgehead atoms. The van der Waals surface area contributed by atoms with Crippen LogP contribution in [0.4, 0.5) is 40.8 Å². The number of anilines is 4. The van der Waals surface area contributed by atoms with Crippen molar-refractivity contribution in [3.8, 4) is 22.5 Å². The van der Waals surface area contributed by atoms with Crippen LogP contribution >= 0.6 is 23.2 Å². The predicted molar refractivity (Wildman–Crippen MR) is 250 cm³/mol. The molecule has 0 amide bonds. The van der Waals surface area contributed by atoms with Gasteiger partial charge in [-0.05, 0) is 103 Å². The van der Waals surface area contributed by atoms with Crippen LogP contribution in [0.1, 0.15) is 60.1 Å². The van der Waals surface area contributed by atoms with Crippen molar-refractivity contribution in [1.29, 1.82) is 0 Å². The average Bonchev–Trinajstić information content (AvgIpc) is 3.57. The molecular formula is C50H30Cl2F4N8O4. The first-order valence-corrected chi connectivity index (χ1v) is 21.1. The summed E-state index contributed by atoms with van der Waals surface area (Å²) in [5.74, 6) is -4.40. The lowest BCUT2D eigenvalue weighted by molar-refractivity contribution is 0.0686. The highest BCUT2D eigenvalue weighted by Crippen LogP contribution is 2.41. The molecule has 6 aromatic carbocycles. The Kier molecular flexibility index (Phi) is 12.4. The van der Waals surface area contributed by atoms with E-state index in [1.165, 1.54) is 66.9 Å². The van der Waals surface area contributed by atoms with Gasteiger partial charge in [-0.1, -0.05) is 47.5 Å². The van der Waals surface area contributed by atoms with Crippen molar-refractivity contribution in [2.75, 3.05) is 10.6 Å². The molecule has 8 aromatic rings. The van der Waals surface area contributed by atoms with Crippen LogP contribution in [0, 0.1) is 23.3 Å². The highest BCUT2D eigenvalue weighted by molar-refractivity contribution is 6.32. The van der Waals surface area contributed by atoms with E-state index in [2.05, 4.69) is 40.6 Å². The Morgan fingerprint density at radius 2 is 1.13 bits per heavy atom. The summed E-state index contributed by atoms with van der Waals surface area (Å²) < 4.78 is 58.6. The number of hydrogen-bond acceptors (Lipinski definition) is 10. The molecule has 1 unspecified atom stereocenters. The quantitative estimate of drug-likeness (QED) is 0.107. The van der Waals surface area contributed by atoms with Crippen LogP contribution in [0.25, 0.3) is 22.5 Å². The first-order valence-electron chi connectivity index (χ1n) is 20.3. The summed E-state index contributed by atoms with van der Waals surface area (Å²) in [5.41, 5.74) is 5.68. The van der Waals surface area contributed by atoms with E-state index in [4.69, 9.17) is 33.4 Å². The van der Waals surface area contributed by atoms with Crippen LogP contribution < -0.4 is 10.6 Å². The Balaban J connectivity index is 0.000000170. The molecule has 0 saturated carbocycles. The van der Waals surface area contributed by atoms with Gasteiger partial charge in [0, 0.05) is 67.8 Å². The second kappa shape index (κ2) is 18.9. The van der Waals surface area contributed by atoms with Crippen LogP contribution in [-0.2, 0) is 6.54 Å². The molecule has 2 aliphatic heterocycles. The minimum absolute atomic E-state index is 0.109. The summed E-state index contributed by atoms with van der Waals surface area (Å²) >= 11 is 12.5. The standard InChI is InChI=1S/2C25H15ClF2N4O2/c2*26-15-6-9-17-18(10-15)23(21-19(27)2-1-3-20(21)28)29-11-14-12-30-25(32-22(14)17)31-16-7-4-13(5-8-16)24(33)34/h1-10,12H,11H2,(H,33,34)(H,30,31,32);1-12,23H,(H,33,34)(H,30,31,32). The average molecular weight is 954 g/mol. The third-order valence-corrected chi connectivity index (χ3v) is 11.2. The molecule has 1 atom stereocenters. The van der Waals surface area contributed by atoms with Crippen molar-refractivity contribution in [2.24, 2.45) is 9.98 Å². The molecule has 336 valence electrons. The number of carboxylic acids is 2. The highest BCUT2D eigenvalue weighted by atomic mass is 35.5. The summed E-state index contributed by atoms with van der Waals surface area (Å²) in [6, 6.07) is 28.7. The van der Waals surface area contributed by atoms with Crippen LogP contribution in [-0.4, -0.2) is 54.0 Å². The van der Waals surface area contributed by atoms with E-state index in [1.807, 2.05) is 0 Å². The number of nitrogens with zero attached hydrogens (tertiary/aromatic N) is 6. The number of benzene rings is 6. The van der Waals surface area contributed by atoms with E-state index < -0.39 is 41.2 Å². The van der Waals surface area contributed by atoms with Crippen LogP contribution in [0.2, 0.25) is 10.0 Å². The number of rotatable bonds is 8. The van der Waals surface area contributed by atoms with Gasteiger partial charge in [-0.3, -0.25) is 9.98 Å². The number of aliphatic imine (C=N–C) groups is 2. The summed E-state index contributed by atoms with van der Waals surface area (Å²) in [5, 5.41) is 25.0. The molecule has 0 fully saturated rings. The molecule has 10 rings (SSSR count). The number of carboxylic acid groups (broad SMARTS) is 2. The third kappa shape index (κ3) is 9.22. The molecule has 0 saturated heterocycles. The monoisotopic (exact) mass is 952 g/mol. The van der Waals surface area contributed by atoms with Gasteiger partial charge in [0.15, 0.2) is 0 Å². The third-order valence-electron chi connectivity index (χ3n) is 10.8. The molecule has 0 aliphatic carbocycles. The predicted octanol–water partition coefficient (Wildman–Crippen LogP) is 11.9. The lowest BCUT2D eigenvalue weighted by Crippen LogP contribution is -2.10. The molecule has 18 heteroatoms. The zero-order valence-electron chi connectivity index (χ0n) is 34.7. The summed E-state index contributed by atoms with van der Waals surface area (Å²) in [6.45, 7) is 0.109. The van der Waals surface area contributed by atoms with Gasteiger partial charge in [-0.25, -0.2) is 47.1 Å². The molecule has 0 radical (unpaired) electrons. The van der Waals surface area contributed by atoms with Crippen molar-refractivity contribution < 1.29 is 37.4 Å². The topological polar surface area (TPSA) is 175 Å². The fraction of sp³-hybridized carbons (Fsp3) is 0.0400. The molecule has 0 spiro atoms. The molecule has 68 heavy (non-hydrogen) atoms. The number of hydrogen-bond donors (Lipinski definition) is 4. The number of aromatic carboxylic acids is 2. The Bertz CT molecular complexity index is 3340. The van der Waals surface area contributed by atoms with E-state index in [9.17, 15) is 27.2 Å². The van der Waals surface area contributed by atoms with Gasteiger partial charge in [0.05, 0.1) is 45.9 Å². The summed E-state index contributed by atoms with van der Waals surface area (Å²) in [4.78, 5) is 49.0. The van der Waals surface area contributed by atoms with Crippen LogP contribution in [0.3, 0.4) is 0 Å². The van der Waals surface area contributed by atoms with E-state index in [1.54, 1.807) is 73.1 Å². The Morgan fingerprint density at radius 3 is 1.72 bits per heavy atom. The number of halogens is 6. The van der Waals surface area contributed by atoms with Gasteiger partial charge in [-0.2, -0.15) is 0 Å². The molecule has 12 nitrogen and oxygen atoms in total. The minimum atomic E-state index is -1.02. The van der Waals surface area contributed by atoms with Crippen molar-refractivity contribution in [2.45, 2.75) is 12.6 Å². The summed E-state index contributed by atoms with van der Waals surface area (Å²) in [6.07, 6.45) is 4.64. The fourth-order valence-corrected chi connectivity index (χ4v) is 7.90. The molecule has 2 aliphatic rings. The number of fused-ring (bicyclic) bond motifs is 6. The van der Waals surface area contributed by atoms with E-state index in [0.29, 0.717) is 66.2 Å². The second-order valence-corrected chi connectivity index (χ2v) is 16.0. The van der Waals surface area contributed by atoms with E-state index in [-0.39, 0.29) is 46.4 Å². The maximum atomic E-state index is 14.7. The zero-order chi connectivity index (χ0) is 47.6. The smallest absolute Gasteiger partial charge is 0.335 e. The fourth-order valence-electron chi connectivity index (χ4n) is 7.55. The Hall–Kier alpha value is -8.34. The minimum Gasteiger partial charge on any atom is -0.478 e. The maximum Gasteiger partial charge on any atom is 0.335 e. The second-order valence-electron chi connectivity index (χ2n) is 15.1. The lowest BCUT2D eigenvalue weighted by Gasteiger charge is -2.17.